The molecule has 1 fully saturated rings. The fraction of sp³-hybridized carbons (Fsp3) is 0.278. The van der Waals surface area contributed by atoms with Crippen molar-refractivity contribution in [3.8, 4) is 0 Å². The molecule has 2 aromatic rings. The minimum atomic E-state index is -4.18. The van der Waals surface area contributed by atoms with Gasteiger partial charge in [-0.05, 0) is 42.7 Å². The summed E-state index contributed by atoms with van der Waals surface area (Å²) in [4.78, 5) is 13.3. The van der Waals surface area contributed by atoms with Crippen LogP contribution in [0.2, 0.25) is 0 Å². The summed E-state index contributed by atoms with van der Waals surface area (Å²) in [5.74, 6) is -1.97. The van der Waals surface area contributed by atoms with Crippen molar-refractivity contribution in [2.24, 2.45) is 0 Å². The molecule has 1 heterocycles. The topological polar surface area (TPSA) is 66.5 Å². The molecule has 26 heavy (non-hydrogen) atoms. The molecule has 0 saturated carbocycles. The van der Waals surface area contributed by atoms with Crippen molar-refractivity contribution in [1.29, 1.82) is 0 Å². The molecule has 1 N–H and O–H groups in total. The van der Waals surface area contributed by atoms with Crippen LogP contribution in [0.15, 0.2) is 47.4 Å². The second kappa shape index (κ2) is 7.41. The summed E-state index contributed by atoms with van der Waals surface area (Å²) in [5.41, 5.74) is 0.990. The highest BCUT2D eigenvalue weighted by atomic mass is 32.2. The third-order valence-corrected chi connectivity index (χ3v) is 5.62. The molecule has 0 bridgehead atoms. The highest BCUT2D eigenvalue weighted by Crippen LogP contribution is 2.20. The fourth-order valence-electron chi connectivity index (χ4n) is 2.85. The summed E-state index contributed by atoms with van der Waals surface area (Å²) >= 11 is 0. The van der Waals surface area contributed by atoms with E-state index in [4.69, 9.17) is 0 Å². The molecule has 0 unspecified atom stereocenters. The standard InChI is InChI=1S/C18H18F2N2O3S/c19-14-5-8-17(16(20)12-14)26(24,25)21-15-6-3-13(4-7-15)11-18(23)22-9-1-2-10-22/h3-8,12,21H,1-2,9-11H2. The lowest BCUT2D eigenvalue weighted by atomic mass is 10.1. The molecule has 1 aliphatic heterocycles. The lowest BCUT2D eigenvalue weighted by Crippen LogP contribution is -2.29. The average molecular weight is 380 g/mol. The van der Waals surface area contributed by atoms with Crippen LogP contribution in [0.3, 0.4) is 0 Å². The van der Waals surface area contributed by atoms with Crippen molar-refractivity contribution >= 4 is 21.6 Å². The predicted molar refractivity (Wildman–Crippen MR) is 93.1 cm³/mol. The molecule has 1 amide bonds. The molecule has 0 radical (unpaired) electrons. The number of likely N-dealkylation sites (tertiary alicyclic amines) is 1. The van der Waals surface area contributed by atoms with Gasteiger partial charge >= 0.3 is 0 Å². The molecular weight excluding hydrogens is 362 g/mol. The number of carbonyl (C=O) groups is 1. The summed E-state index contributed by atoms with van der Waals surface area (Å²) in [6, 6.07) is 8.57. The molecule has 5 nitrogen and oxygen atoms in total. The molecule has 3 rings (SSSR count). The molecule has 2 aromatic carbocycles. The van der Waals surface area contributed by atoms with Gasteiger partial charge in [0, 0.05) is 24.8 Å². The normalized spacial score (nSPS) is 14.5. The Morgan fingerprint density at radius 3 is 2.31 bits per heavy atom. The van der Waals surface area contributed by atoms with Gasteiger partial charge in [0.05, 0.1) is 6.42 Å². The summed E-state index contributed by atoms with van der Waals surface area (Å²) in [5, 5.41) is 0. The molecule has 0 aromatic heterocycles. The zero-order valence-electron chi connectivity index (χ0n) is 13.9. The number of hydrogen-bond donors (Lipinski definition) is 1. The molecular formula is C18H18F2N2O3S. The molecule has 0 spiro atoms. The molecule has 1 aliphatic rings. The Balaban J connectivity index is 1.69. The van der Waals surface area contributed by atoms with Gasteiger partial charge in [0.1, 0.15) is 16.5 Å². The Kier molecular flexibility index (Phi) is 5.22. The first-order chi connectivity index (χ1) is 12.3. The number of hydrogen-bond acceptors (Lipinski definition) is 3. The highest BCUT2D eigenvalue weighted by molar-refractivity contribution is 7.92. The minimum Gasteiger partial charge on any atom is -0.342 e. The summed E-state index contributed by atoms with van der Waals surface area (Å²) in [6.07, 6.45) is 2.29. The number of anilines is 1. The monoisotopic (exact) mass is 380 g/mol. The Bertz CT molecular complexity index is 909. The molecule has 0 atom stereocenters. The summed E-state index contributed by atoms with van der Waals surface area (Å²) in [7, 11) is -4.18. The Labute approximate surface area is 150 Å². The zero-order valence-corrected chi connectivity index (χ0v) is 14.7. The van der Waals surface area contributed by atoms with E-state index in [2.05, 4.69) is 4.72 Å². The third-order valence-electron chi connectivity index (χ3n) is 4.20. The Morgan fingerprint density at radius 2 is 1.69 bits per heavy atom. The van der Waals surface area contributed by atoms with Crippen molar-refractivity contribution < 1.29 is 22.0 Å². The largest absolute Gasteiger partial charge is 0.342 e. The van der Waals surface area contributed by atoms with Crippen LogP contribution in [0.4, 0.5) is 14.5 Å². The highest BCUT2D eigenvalue weighted by Gasteiger charge is 2.20. The zero-order chi connectivity index (χ0) is 18.7. The van der Waals surface area contributed by atoms with Gasteiger partial charge in [-0.3, -0.25) is 9.52 Å². The first-order valence-corrected chi connectivity index (χ1v) is 9.68. The molecule has 138 valence electrons. The van der Waals surface area contributed by atoms with Gasteiger partial charge in [-0.25, -0.2) is 17.2 Å². The number of nitrogens with one attached hydrogen (secondary N) is 1. The number of sulfonamides is 1. The number of carbonyl (C=O) groups excluding carboxylic acids is 1. The first kappa shape index (κ1) is 18.3. The van der Waals surface area contributed by atoms with Crippen LogP contribution in [0.25, 0.3) is 0 Å². The van der Waals surface area contributed by atoms with Crippen LogP contribution in [0, 0.1) is 11.6 Å². The van der Waals surface area contributed by atoms with E-state index < -0.39 is 26.6 Å². The minimum absolute atomic E-state index is 0.0456. The van der Waals surface area contributed by atoms with E-state index in [0.717, 1.165) is 43.6 Å². The van der Waals surface area contributed by atoms with Crippen LogP contribution < -0.4 is 4.72 Å². The third kappa shape index (κ3) is 4.19. The van der Waals surface area contributed by atoms with E-state index in [1.807, 2.05) is 4.90 Å². The Morgan fingerprint density at radius 1 is 1.04 bits per heavy atom. The van der Waals surface area contributed by atoms with Gasteiger partial charge in [0.2, 0.25) is 5.91 Å². The fourth-order valence-corrected chi connectivity index (χ4v) is 3.97. The van der Waals surface area contributed by atoms with E-state index in [9.17, 15) is 22.0 Å². The lowest BCUT2D eigenvalue weighted by Gasteiger charge is -2.15. The lowest BCUT2D eigenvalue weighted by molar-refractivity contribution is -0.129. The van der Waals surface area contributed by atoms with E-state index in [1.165, 1.54) is 12.1 Å². The number of halogens is 2. The maximum atomic E-state index is 13.7. The SMILES string of the molecule is O=C(Cc1ccc(NS(=O)(=O)c2ccc(F)cc2F)cc1)N1CCCC1. The van der Waals surface area contributed by atoms with E-state index in [1.54, 1.807) is 12.1 Å². The number of rotatable bonds is 5. The molecule has 1 saturated heterocycles. The first-order valence-electron chi connectivity index (χ1n) is 8.20. The van der Waals surface area contributed by atoms with Crippen molar-refractivity contribution in [3.05, 3.63) is 59.7 Å². The van der Waals surface area contributed by atoms with Crippen LogP contribution >= 0.6 is 0 Å². The van der Waals surface area contributed by atoms with E-state index in [-0.39, 0.29) is 18.0 Å². The molecule has 0 aliphatic carbocycles. The van der Waals surface area contributed by atoms with Gasteiger partial charge in [0.25, 0.3) is 10.0 Å². The van der Waals surface area contributed by atoms with Crippen LogP contribution in [-0.4, -0.2) is 32.3 Å². The van der Waals surface area contributed by atoms with Crippen LogP contribution in [0.1, 0.15) is 18.4 Å². The predicted octanol–water partition coefficient (Wildman–Crippen LogP) is 2.93. The van der Waals surface area contributed by atoms with Crippen molar-refractivity contribution in [2.75, 3.05) is 17.8 Å². The summed E-state index contributed by atoms with van der Waals surface area (Å²) in [6.45, 7) is 1.56. The van der Waals surface area contributed by atoms with Crippen molar-refractivity contribution in [1.82, 2.24) is 4.90 Å². The second-order valence-electron chi connectivity index (χ2n) is 6.14. The van der Waals surface area contributed by atoms with Crippen molar-refractivity contribution in [3.63, 3.8) is 0 Å². The van der Waals surface area contributed by atoms with Gasteiger partial charge in [-0.15, -0.1) is 0 Å². The van der Waals surface area contributed by atoms with E-state index >= 15 is 0 Å². The van der Waals surface area contributed by atoms with Gasteiger partial charge in [-0.1, -0.05) is 12.1 Å². The van der Waals surface area contributed by atoms with E-state index in [0.29, 0.717) is 6.07 Å². The molecule has 8 heteroatoms. The number of nitrogens with zero attached hydrogens (tertiary/aromatic N) is 1. The quantitative estimate of drug-likeness (QED) is 0.867. The van der Waals surface area contributed by atoms with Crippen LogP contribution in [-0.2, 0) is 21.2 Å². The van der Waals surface area contributed by atoms with Gasteiger partial charge in [0.15, 0.2) is 0 Å². The smallest absolute Gasteiger partial charge is 0.264 e. The average Bonchev–Trinajstić information content (AvgIpc) is 3.10. The second-order valence-corrected chi connectivity index (χ2v) is 7.79. The maximum Gasteiger partial charge on any atom is 0.264 e. The van der Waals surface area contributed by atoms with Crippen LogP contribution in [0.5, 0.6) is 0 Å². The number of benzene rings is 2. The maximum absolute atomic E-state index is 13.7. The van der Waals surface area contributed by atoms with Gasteiger partial charge < -0.3 is 4.90 Å². The van der Waals surface area contributed by atoms with Crippen molar-refractivity contribution in [2.45, 2.75) is 24.2 Å². The number of amides is 1. The summed E-state index contributed by atoms with van der Waals surface area (Å²) < 4.78 is 53.4. The van der Waals surface area contributed by atoms with Gasteiger partial charge in [-0.2, -0.15) is 0 Å². The Hall–Kier alpha value is -2.48.